The van der Waals surface area contributed by atoms with Crippen molar-refractivity contribution >= 4 is 23.4 Å². The molecule has 1 amide bonds. The molecular formula is C17H21N5OS. The Morgan fingerprint density at radius 2 is 1.92 bits per heavy atom. The summed E-state index contributed by atoms with van der Waals surface area (Å²) in [5, 5.41) is 7.57. The summed E-state index contributed by atoms with van der Waals surface area (Å²) in [6, 6.07) is 5.83. The zero-order chi connectivity index (χ0) is 16.6. The van der Waals surface area contributed by atoms with E-state index in [4.69, 9.17) is 0 Å². The maximum absolute atomic E-state index is 12.0. The highest BCUT2D eigenvalue weighted by Gasteiger charge is 2.23. The van der Waals surface area contributed by atoms with Crippen molar-refractivity contribution in [1.29, 1.82) is 0 Å². The highest BCUT2D eigenvalue weighted by atomic mass is 32.2. The monoisotopic (exact) mass is 343 g/mol. The lowest BCUT2D eigenvalue weighted by Gasteiger charge is -2.28. The number of rotatable bonds is 6. The quantitative estimate of drug-likeness (QED) is 0.785. The number of anilines is 1. The first-order valence-electron chi connectivity index (χ1n) is 8.16. The number of nitrogens with zero attached hydrogens (tertiary/aromatic N) is 3. The second kappa shape index (κ2) is 8.63. The topological polar surface area (TPSA) is 79.8 Å². The summed E-state index contributed by atoms with van der Waals surface area (Å²) >= 11 is 1.74. The van der Waals surface area contributed by atoms with Crippen LogP contribution in [0.2, 0.25) is 0 Å². The number of pyridine rings is 1. The molecule has 24 heavy (non-hydrogen) atoms. The highest BCUT2D eigenvalue weighted by Crippen LogP contribution is 2.31. The smallest absolute Gasteiger partial charge is 0.239 e. The molecule has 1 fully saturated rings. The maximum Gasteiger partial charge on any atom is 0.239 e. The van der Waals surface area contributed by atoms with Crippen molar-refractivity contribution in [2.24, 2.45) is 0 Å². The van der Waals surface area contributed by atoms with Gasteiger partial charge in [-0.3, -0.25) is 9.78 Å². The van der Waals surface area contributed by atoms with E-state index in [0.717, 1.165) is 36.5 Å². The summed E-state index contributed by atoms with van der Waals surface area (Å²) in [5.74, 6) is 0.0290. The van der Waals surface area contributed by atoms with Gasteiger partial charge in [-0.15, -0.1) is 0 Å². The normalized spacial score (nSPS) is 20.3. The largest absolute Gasteiger partial charge is 0.375 e. The van der Waals surface area contributed by atoms with Crippen molar-refractivity contribution in [2.75, 3.05) is 11.9 Å². The Kier molecular flexibility index (Phi) is 6.01. The Hall–Kier alpha value is -2.15. The Morgan fingerprint density at radius 3 is 2.62 bits per heavy atom. The average Bonchev–Trinajstić information content (AvgIpc) is 2.63. The van der Waals surface area contributed by atoms with E-state index in [9.17, 15) is 4.79 Å². The van der Waals surface area contributed by atoms with Crippen LogP contribution in [0.25, 0.3) is 0 Å². The zero-order valence-electron chi connectivity index (χ0n) is 13.4. The van der Waals surface area contributed by atoms with Crippen LogP contribution in [0.5, 0.6) is 0 Å². The molecule has 2 N–H and O–H groups in total. The van der Waals surface area contributed by atoms with Gasteiger partial charge in [-0.2, -0.15) is 0 Å². The minimum Gasteiger partial charge on any atom is -0.375 e. The van der Waals surface area contributed by atoms with Crippen molar-refractivity contribution in [3.63, 3.8) is 0 Å². The van der Waals surface area contributed by atoms with E-state index in [-0.39, 0.29) is 18.5 Å². The van der Waals surface area contributed by atoms with Gasteiger partial charge < -0.3 is 10.6 Å². The lowest BCUT2D eigenvalue weighted by molar-refractivity contribution is -0.120. The number of thioether (sulfide) groups is 1. The van der Waals surface area contributed by atoms with Crippen molar-refractivity contribution in [2.45, 2.75) is 42.1 Å². The van der Waals surface area contributed by atoms with E-state index in [1.54, 1.807) is 36.5 Å². The second-order valence-electron chi connectivity index (χ2n) is 5.79. The van der Waals surface area contributed by atoms with Crippen LogP contribution >= 0.6 is 11.8 Å². The van der Waals surface area contributed by atoms with Crippen LogP contribution in [0.1, 0.15) is 25.7 Å². The molecule has 126 valence electrons. The van der Waals surface area contributed by atoms with Crippen molar-refractivity contribution in [1.82, 2.24) is 20.3 Å². The third kappa shape index (κ3) is 5.19. The van der Waals surface area contributed by atoms with Crippen LogP contribution in [-0.4, -0.2) is 38.7 Å². The molecule has 1 saturated carbocycles. The Bertz CT molecular complexity index is 632. The minimum absolute atomic E-state index is 0.0290. The number of hydrogen-bond donors (Lipinski definition) is 2. The predicted molar refractivity (Wildman–Crippen MR) is 94.8 cm³/mol. The molecule has 0 bridgehead atoms. The summed E-state index contributed by atoms with van der Waals surface area (Å²) in [7, 11) is 0. The average molecular weight is 343 g/mol. The zero-order valence-corrected chi connectivity index (χ0v) is 14.2. The van der Waals surface area contributed by atoms with Crippen LogP contribution in [0.15, 0.2) is 48.1 Å². The molecule has 0 saturated heterocycles. The van der Waals surface area contributed by atoms with Crippen LogP contribution in [-0.2, 0) is 4.79 Å². The number of carbonyl (C=O) groups is 1. The molecule has 3 rings (SSSR count). The number of carbonyl (C=O) groups excluding carboxylic acids is 1. The van der Waals surface area contributed by atoms with Crippen LogP contribution in [0, 0.1) is 0 Å². The number of nitrogens with one attached hydrogen (secondary N) is 2. The molecule has 0 aromatic carbocycles. The van der Waals surface area contributed by atoms with E-state index < -0.39 is 0 Å². The highest BCUT2D eigenvalue weighted by molar-refractivity contribution is 7.99. The van der Waals surface area contributed by atoms with Crippen molar-refractivity contribution in [3.8, 4) is 0 Å². The van der Waals surface area contributed by atoms with Gasteiger partial charge in [0.1, 0.15) is 0 Å². The molecule has 1 aliphatic carbocycles. The number of hydrogen-bond acceptors (Lipinski definition) is 6. The van der Waals surface area contributed by atoms with Crippen molar-refractivity contribution in [3.05, 3.63) is 43.0 Å². The van der Waals surface area contributed by atoms with Gasteiger partial charge in [0.25, 0.3) is 0 Å². The Morgan fingerprint density at radius 1 is 1.12 bits per heavy atom. The van der Waals surface area contributed by atoms with Gasteiger partial charge in [0.15, 0.2) is 5.16 Å². The molecule has 0 spiro atoms. The molecule has 1 aliphatic rings. The van der Waals surface area contributed by atoms with Crippen LogP contribution in [0.3, 0.4) is 0 Å². The third-order valence-electron chi connectivity index (χ3n) is 3.97. The SMILES string of the molecule is O=C(CNc1cccnc1)NC1CCC(Sc2ncccn2)CC1. The number of aromatic nitrogens is 3. The first-order valence-corrected chi connectivity index (χ1v) is 9.04. The van der Waals surface area contributed by atoms with E-state index in [2.05, 4.69) is 25.6 Å². The van der Waals surface area contributed by atoms with Crippen LogP contribution < -0.4 is 10.6 Å². The lowest BCUT2D eigenvalue weighted by atomic mass is 9.95. The summed E-state index contributed by atoms with van der Waals surface area (Å²) in [5.41, 5.74) is 0.857. The molecule has 2 aromatic heterocycles. The molecule has 6 nitrogen and oxygen atoms in total. The van der Waals surface area contributed by atoms with Gasteiger partial charge in [0.2, 0.25) is 5.91 Å². The van der Waals surface area contributed by atoms with E-state index in [1.807, 2.05) is 18.2 Å². The van der Waals surface area contributed by atoms with E-state index >= 15 is 0 Å². The molecule has 0 aliphatic heterocycles. The molecular weight excluding hydrogens is 322 g/mol. The maximum atomic E-state index is 12.0. The van der Waals surface area contributed by atoms with Gasteiger partial charge >= 0.3 is 0 Å². The summed E-state index contributed by atoms with van der Waals surface area (Å²) in [4.78, 5) is 24.6. The fourth-order valence-electron chi connectivity index (χ4n) is 2.75. The molecule has 2 aromatic rings. The van der Waals surface area contributed by atoms with Crippen molar-refractivity contribution < 1.29 is 4.79 Å². The van der Waals surface area contributed by atoms with Crippen LogP contribution in [0.4, 0.5) is 5.69 Å². The molecule has 0 radical (unpaired) electrons. The lowest BCUT2D eigenvalue weighted by Crippen LogP contribution is -2.40. The summed E-state index contributed by atoms with van der Waals surface area (Å²) in [6.07, 6.45) is 11.1. The molecule has 2 heterocycles. The standard InChI is InChI=1S/C17H21N5OS/c23-16(12-21-14-3-1-8-18-11-14)22-13-4-6-15(7-5-13)24-17-19-9-2-10-20-17/h1-3,8-11,13,15,21H,4-7,12H2,(H,22,23). The Labute approximate surface area is 145 Å². The number of amides is 1. The fraction of sp³-hybridized carbons (Fsp3) is 0.412. The summed E-state index contributed by atoms with van der Waals surface area (Å²) in [6.45, 7) is 0.276. The van der Waals surface area contributed by atoms with Gasteiger partial charge in [-0.05, 0) is 43.9 Å². The van der Waals surface area contributed by atoms with E-state index in [0.29, 0.717) is 5.25 Å². The third-order valence-corrected chi connectivity index (χ3v) is 5.19. The van der Waals surface area contributed by atoms with E-state index in [1.165, 1.54) is 0 Å². The van der Waals surface area contributed by atoms with Gasteiger partial charge in [0.05, 0.1) is 12.2 Å². The Balaban J connectivity index is 1.36. The fourth-order valence-corrected chi connectivity index (χ4v) is 3.80. The molecule has 0 unspecified atom stereocenters. The summed E-state index contributed by atoms with van der Waals surface area (Å²) < 4.78 is 0. The van der Waals surface area contributed by atoms with Gasteiger partial charge in [-0.25, -0.2) is 9.97 Å². The second-order valence-corrected chi connectivity index (χ2v) is 7.05. The van der Waals surface area contributed by atoms with Gasteiger partial charge in [-0.1, -0.05) is 11.8 Å². The minimum atomic E-state index is 0.0290. The first-order chi connectivity index (χ1) is 11.8. The predicted octanol–water partition coefficient (Wildman–Crippen LogP) is 2.50. The molecule has 0 atom stereocenters. The van der Waals surface area contributed by atoms with Gasteiger partial charge in [0, 0.05) is 36.1 Å². The molecule has 7 heteroatoms. The first kappa shape index (κ1) is 16.7.